The highest BCUT2D eigenvalue weighted by atomic mass is 79.9. The van der Waals surface area contributed by atoms with Gasteiger partial charge in [-0.1, -0.05) is 34.5 Å². The molecule has 0 bridgehead atoms. The maximum Gasteiger partial charge on any atom is 0.176 e. The number of Topliss-reactive ketones (excluding diaryl/α,β-unsaturated/α-hetero) is 1. The Morgan fingerprint density at radius 1 is 1.17 bits per heavy atom. The lowest BCUT2D eigenvalue weighted by molar-refractivity contribution is 0.0941. The Morgan fingerprint density at radius 2 is 1.78 bits per heavy atom. The lowest BCUT2D eigenvalue weighted by Gasteiger charge is -2.15. The fraction of sp³-hybridized carbons (Fsp3) is 0.533. The lowest BCUT2D eigenvalue weighted by atomic mass is 10.0. The zero-order valence-corrected chi connectivity index (χ0v) is 12.0. The number of halogens is 1. The maximum atomic E-state index is 12.2. The van der Waals surface area contributed by atoms with Gasteiger partial charge in [0.15, 0.2) is 5.78 Å². The summed E-state index contributed by atoms with van der Waals surface area (Å²) in [6.45, 7) is 2.86. The van der Waals surface area contributed by atoms with Crippen LogP contribution in [0, 0.1) is 11.8 Å². The van der Waals surface area contributed by atoms with Gasteiger partial charge in [0.05, 0.1) is 6.54 Å². The van der Waals surface area contributed by atoms with Crippen molar-refractivity contribution in [1.29, 1.82) is 0 Å². The van der Waals surface area contributed by atoms with Crippen LogP contribution in [0.1, 0.15) is 29.6 Å². The molecule has 1 aliphatic heterocycles. The van der Waals surface area contributed by atoms with Crippen molar-refractivity contribution in [2.75, 3.05) is 19.6 Å². The van der Waals surface area contributed by atoms with E-state index >= 15 is 0 Å². The van der Waals surface area contributed by atoms with E-state index in [-0.39, 0.29) is 5.78 Å². The largest absolute Gasteiger partial charge is 0.295 e. The Kier molecular flexibility index (Phi) is 3.53. The summed E-state index contributed by atoms with van der Waals surface area (Å²) in [5, 5.41) is 0. The number of hydrogen-bond donors (Lipinski definition) is 0. The van der Waals surface area contributed by atoms with Gasteiger partial charge in [0.2, 0.25) is 0 Å². The van der Waals surface area contributed by atoms with Gasteiger partial charge < -0.3 is 0 Å². The van der Waals surface area contributed by atoms with Crippen molar-refractivity contribution in [3.63, 3.8) is 0 Å². The smallest absolute Gasteiger partial charge is 0.176 e. The maximum absolute atomic E-state index is 12.2. The number of benzene rings is 1. The van der Waals surface area contributed by atoms with Crippen molar-refractivity contribution in [1.82, 2.24) is 4.90 Å². The molecular weight excluding hydrogens is 290 g/mol. The Hall–Kier alpha value is -0.670. The van der Waals surface area contributed by atoms with Crippen molar-refractivity contribution in [3.8, 4) is 0 Å². The third-order valence-corrected chi connectivity index (χ3v) is 4.86. The van der Waals surface area contributed by atoms with Crippen LogP contribution in [0.4, 0.5) is 0 Å². The summed E-state index contributed by atoms with van der Waals surface area (Å²) in [6.07, 6.45) is 4.13. The molecule has 2 nitrogen and oxygen atoms in total. The van der Waals surface area contributed by atoms with Gasteiger partial charge in [-0.15, -0.1) is 0 Å². The molecule has 2 atom stereocenters. The molecule has 3 rings (SSSR count). The van der Waals surface area contributed by atoms with E-state index in [1.165, 1.54) is 19.3 Å². The minimum absolute atomic E-state index is 0.252. The molecule has 3 heteroatoms. The quantitative estimate of drug-likeness (QED) is 0.798. The molecular formula is C15H18BrNO. The van der Waals surface area contributed by atoms with Gasteiger partial charge in [0.25, 0.3) is 0 Å². The molecule has 2 aliphatic rings. The van der Waals surface area contributed by atoms with Crippen LogP contribution < -0.4 is 0 Å². The summed E-state index contributed by atoms with van der Waals surface area (Å²) < 4.78 is 1.02. The fourth-order valence-electron chi connectivity index (χ4n) is 3.39. The topological polar surface area (TPSA) is 20.3 Å². The minimum atomic E-state index is 0.252. The van der Waals surface area contributed by atoms with E-state index in [4.69, 9.17) is 0 Å². The zero-order chi connectivity index (χ0) is 12.5. The van der Waals surface area contributed by atoms with Crippen LogP contribution in [-0.2, 0) is 0 Å². The Labute approximate surface area is 116 Å². The van der Waals surface area contributed by atoms with Crippen LogP contribution in [0.25, 0.3) is 0 Å². The molecule has 0 aromatic heterocycles. The first-order valence-electron chi connectivity index (χ1n) is 6.73. The summed E-state index contributed by atoms with van der Waals surface area (Å²) in [7, 11) is 0. The van der Waals surface area contributed by atoms with E-state index in [9.17, 15) is 4.79 Å². The van der Waals surface area contributed by atoms with Gasteiger partial charge >= 0.3 is 0 Å². The molecule has 2 unspecified atom stereocenters. The predicted octanol–water partition coefficient (Wildman–Crippen LogP) is 3.36. The molecule has 1 aromatic rings. The average Bonchev–Trinajstić information content (AvgIpc) is 2.90. The number of rotatable bonds is 3. The number of nitrogens with zero attached hydrogens (tertiary/aromatic N) is 1. The molecule has 0 radical (unpaired) electrons. The molecule has 1 aromatic carbocycles. The van der Waals surface area contributed by atoms with Crippen molar-refractivity contribution in [3.05, 3.63) is 34.3 Å². The number of carbonyl (C=O) groups excluding carboxylic acids is 1. The molecule has 96 valence electrons. The number of hydrogen-bond acceptors (Lipinski definition) is 2. The van der Waals surface area contributed by atoms with E-state index in [0.717, 1.165) is 35.0 Å². The van der Waals surface area contributed by atoms with Crippen LogP contribution in [-0.4, -0.2) is 30.3 Å². The predicted molar refractivity (Wildman–Crippen MR) is 75.7 cm³/mol. The van der Waals surface area contributed by atoms with Gasteiger partial charge in [-0.05, 0) is 36.8 Å². The summed E-state index contributed by atoms with van der Waals surface area (Å²) in [4.78, 5) is 14.5. The average molecular weight is 308 g/mol. The van der Waals surface area contributed by atoms with E-state index in [1.807, 2.05) is 24.3 Å². The fourth-order valence-corrected chi connectivity index (χ4v) is 3.66. The number of carbonyl (C=O) groups is 1. The SMILES string of the molecule is O=C(CN1CC2CCCC2C1)c1ccc(Br)cc1. The summed E-state index contributed by atoms with van der Waals surface area (Å²) in [5.41, 5.74) is 0.829. The van der Waals surface area contributed by atoms with Gasteiger partial charge in [0, 0.05) is 23.1 Å². The third kappa shape index (κ3) is 2.52. The second-order valence-corrected chi connectivity index (χ2v) is 6.49. The van der Waals surface area contributed by atoms with E-state index in [0.29, 0.717) is 6.54 Å². The van der Waals surface area contributed by atoms with Gasteiger partial charge in [-0.3, -0.25) is 9.69 Å². The van der Waals surface area contributed by atoms with Gasteiger partial charge in [0.1, 0.15) is 0 Å². The number of likely N-dealkylation sites (tertiary alicyclic amines) is 1. The lowest BCUT2D eigenvalue weighted by Crippen LogP contribution is -2.28. The van der Waals surface area contributed by atoms with E-state index < -0.39 is 0 Å². The summed E-state index contributed by atoms with van der Waals surface area (Å²) in [5.74, 6) is 1.98. The Balaban J connectivity index is 1.60. The molecule has 1 saturated carbocycles. The molecule has 2 fully saturated rings. The normalized spacial score (nSPS) is 27.4. The first-order chi connectivity index (χ1) is 8.72. The monoisotopic (exact) mass is 307 g/mol. The van der Waals surface area contributed by atoms with Crippen LogP contribution >= 0.6 is 15.9 Å². The number of fused-ring (bicyclic) bond motifs is 1. The summed E-state index contributed by atoms with van der Waals surface area (Å²) in [6, 6.07) is 7.69. The number of ketones is 1. The van der Waals surface area contributed by atoms with Crippen molar-refractivity contribution in [2.45, 2.75) is 19.3 Å². The molecule has 0 N–H and O–H groups in total. The van der Waals surface area contributed by atoms with Crippen LogP contribution in [0.3, 0.4) is 0 Å². The van der Waals surface area contributed by atoms with E-state index in [2.05, 4.69) is 20.8 Å². The molecule has 0 amide bonds. The molecule has 1 saturated heterocycles. The first-order valence-corrected chi connectivity index (χ1v) is 7.53. The van der Waals surface area contributed by atoms with Crippen molar-refractivity contribution in [2.24, 2.45) is 11.8 Å². The molecule has 18 heavy (non-hydrogen) atoms. The second kappa shape index (κ2) is 5.14. The highest BCUT2D eigenvalue weighted by Crippen LogP contribution is 2.37. The van der Waals surface area contributed by atoms with Crippen LogP contribution in [0.2, 0.25) is 0 Å². The van der Waals surface area contributed by atoms with Crippen LogP contribution in [0.15, 0.2) is 28.7 Å². The van der Waals surface area contributed by atoms with Crippen molar-refractivity contribution < 1.29 is 4.79 Å². The molecule has 1 heterocycles. The first kappa shape index (κ1) is 12.4. The zero-order valence-electron chi connectivity index (χ0n) is 10.4. The highest BCUT2D eigenvalue weighted by molar-refractivity contribution is 9.10. The summed E-state index contributed by atoms with van der Waals surface area (Å²) >= 11 is 3.39. The minimum Gasteiger partial charge on any atom is -0.295 e. The van der Waals surface area contributed by atoms with Crippen LogP contribution in [0.5, 0.6) is 0 Å². The van der Waals surface area contributed by atoms with Crippen molar-refractivity contribution >= 4 is 21.7 Å². The molecule has 0 spiro atoms. The second-order valence-electron chi connectivity index (χ2n) is 5.58. The highest BCUT2D eigenvalue weighted by Gasteiger charge is 2.36. The Bertz CT molecular complexity index is 430. The Morgan fingerprint density at radius 3 is 2.39 bits per heavy atom. The molecule has 1 aliphatic carbocycles. The van der Waals surface area contributed by atoms with Gasteiger partial charge in [-0.25, -0.2) is 0 Å². The standard InChI is InChI=1S/C15H18BrNO/c16-14-6-4-11(5-7-14)15(18)10-17-8-12-2-1-3-13(12)9-17/h4-7,12-13H,1-3,8-10H2. The van der Waals surface area contributed by atoms with E-state index in [1.54, 1.807) is 0 Å². The van der Waals surface area contributed by atoms with Gasteiger partial charge in [-0.2, -0.15) is 0 Å². The third-order valence-electron chi connectivity index (χ3n) is 4.34.